The highest BCUT2D eigenvalue weighted by atomic mass is 16.8. The minimum absolute atomic E-state index is 0.138. The lowest BCUT2D eigenvalue weighted by Gasteiger charge is -2.36. The van der Waals surface area contributed by atoms with Gasteiger partial charge in [0, 0.05) is 25.7 Å². The third kappa shape index (κ3) is 6.84. The second-order valence-corrected chi connectivity index (χ2v) is 16.2. The first-order chi connectivity index (χ1) is 15.8. The predicted octanol–water partition coefficient (Wildman–Crippen LogP) is 8.66. The molecule has 2 aliphatic heterocycles. The van der Waals surface area contributed by atoms with Crippen molar-refractivity contribution in [3.05, 3.63) is 0 Å². The molecule has 4 heteroatoms. The predicted molar refractivity (Wildman–Crippen MR) is 144 cm³/mol. The fourth-order valence-corrected chi connectivity index (χ4v) is 6.23. The Labute approximate surface area is 217 Å². The van der Waals surface area contributed by atoms with Crippen LogP contribution in [0.4, 0.5) is 0 Å². The zero-order chi connectivity index (χ0) is 26.5. The first kappa shape index (κ1) is 29.4. The summed E-state index contributed by atoms with van der Waals surface area (Å²) < 4.78 is 25.7. The van der Waals surface area contributed by atoms with Crippen LogP contribution >= 0.6 is 0 Å². The quantitative estimate of drug-likeness (QED) is 0.337. The van der Waals surface area contributed by atoms with Gasteiger partial charge in [0.2, 0.25) is 0 Å². The van der Waals surface area contributed by atoms with Crippen molar-refractivity contribution in [2.75, 3.05) is 0 Å². The third-order valence-electron chi connectivity index (χ3n) is 8.31. The Morgan fingerprint density at radius 2 is 0.571 bits per heavy atom. The Morgan fingerprint density at radius 3 is 0.771 bits per heavy atom. The number of rotatable bonds is 0. The highest BCUT2D eigenvalue weighted by Crippen LogP contribution is 2.51. The van der Waals surface area contributed by atoms with Crippen LogP contribution in [0.5, 0.6) is 0 Å². The van der Waals surface area contributed by atoms with Gasteiger partial charge in [-0.25, -0.2) is 0 Å². The van der Waals surface area contributed by atoms with Gasteiger partial charge < -0.3 is 18.9 Å². The Balaban J connectivity index is 0.000000196. The van der Waals surface area contributed by atoms with E-state index in [-0.39, 0.29) is 57.7 Å². The molecule has 4 unspecified atom stereocenters. The van der Waals surface area contributed by atoms with Gasteiger partial charge in [-0.2, -0.15) is 0 Å². The van der Waals surface area contributed by atoms with Gasteiger partial charge in [0.15, 0.2) is 11.6 Å². The summed E-state index contributed by atoms with van der Waals surface area (Å²) in [4.78, 5) is 0. The molecule has 0 bridgehead atoms. The smallest absolute Gasteiger partial charge is 0.169 e. The van der Waals surface area contributed by atoms with E-state index in [1.165, 1.54) is 32.1 Å². The summed E-state index contributed by atoms with van der Waals surface area (Å²) >= 11 is 0. The highest BCUT2D eigenvalue weighted by molar-refractivity contribution is 4.99. The van der Waals surface area contributed by atoms with Crippen molar-refractivity contribution in [1.82, 2.24) is 0 Å². The van der Waals surface area contributed by atoms with Crippen LogP contribution in [0, 0.1) is 21.7 Å². The Morgan fingerprint density at radius 1 is 0.371 bits per heavy atom. The molecule has 35 heavy (non-hydrogen) atoms. The normalized spacial score (nSPS) is 33.3. The van der Waals surface area contributed by atoms with Crippen molar-refractivity contribution in [3.63, 3.8) is 0 Å². The van der Waals surface area contributed by atoms with Gasteiger partial charge in [-0.1, -0.05) is 89.5 Å². The second-order valence-electron chi connectivity index (χ2n) is 16.2. The van der Waals surface area contributed by atoms with Crippen LogP contribution in [-0.4, -0.2) is 36.0 Å². The van der Waals surface area contributed by atoms with Crippen LogP contribution < -0.4 is 0 Å². The Bertz CT molecular complexity index is 639. The topological polar surface area (TPSA) is 36.9 Å². The molecule has 0 N–H and O–H groups in total. The average molecular weight is 495 g/mol. The van der Waals surface area contributed by atoms with E-state index in [0.29, 0.717) is 0 Å². The molecular formula is C31H58O4. The molecule has 4 fully saturated rings. The molecule has 4 atom stereocenters. The van der Waals surface area contributed by atoms with E-state index < -0.39 is 0 Å². The summed E-state index contributed by atoms with van der Waals surface area (Å²) in [5.74, 6) is -0.524. The van der Waals surface area contributed by atoms with Crippen LogP contribution in [-0.2, 0) is 18.9 Å². The first-order valence-corrected chi connectivity index (χ1v) is 14.5. The maximum absolute atomic E-state index is 6.47. The molecule has 4 nitrogen and oxygen atoms in total. The van der Waals surface area contributed by atoms with Crippen molar-refractivity contribution in [1.29, 1.82) is 0 Å². The summed E-state index contributed by atoms with van der Waals surface area (Å²) in [7, 11) is 0. The van der Waals surface area contributed by atoms with Crippen molar-refractivity contribution < 1.29 is 18.9 Å². The van der Waals surface area contributed by atoms with Crippen molar-refractivity contribution in [2.45, 2.75) is 177 Å². The van der Waals surface area contributed by atoms with Gasteiger partial charge in [-0.05, 0) is 47.3 Å². The average Bonchev–Trinajstić information content (AvgIpc) is 3.40. The van der Waals surface area contributed by atoms with Crippen LogP contribution in [0.15, 0.2) is 0 Å². The van der Waals surface area contributed by atoms with E-state index in [1.54, 1.807) is 0 Å². The van der Waals surface area contributed by atoms with Crippen molar-refractivity contribution in [2.24, 2.45) is 21.7 Å². The number of hydrogen-bond acceptors (Lipinski definition) is 4. The van der Waals surface area contributed by atoms with Crippen LogP contribution in [0.3, 0.4) is 0 Å². The zero-order valence-electron chi connectivity index (χ0n) is 25.3. The van der Waals surface area contributed by atoms with E-state index in [0.717, 1.165) is 25.7 Å². The molecular weight excluding hydrogens is 436 g/mol. The van der Waals surface area contributed by atoms with E-state index in [4.69, 9.17) is 18.9 Å². The standard InChI is InChI=1S/C16H30O2.C15H28O2/c1-14(2,3)12-13(15(4,5)6)18-16(17-12)10-8-7-9-11-16;1-13(2,3)11-12(14(4,5)6)17-15(16-11)9-7-8-10-15/h12-13H,7-11H2,1-6H3;11-12H,7-10H2,1-6H3. The van der Waals surface area contributed by atoms with E-state index in [2.05, 4.69) is 83.1 Å². The molecule has 0 aromatic heterocycles. The molecule has 2 heterocycles. The molecule has 0 aromatic rings. The lowest BCUT2D eigenvalue weighted by atomic mass is 9.76. The molecule has 0 radical (unpaired) electrons. The molecule has 4 aliphatic rings. The minimum atomic E-state index is -0.270. The molecule has 2 saturated heterocycles. The lowest BCUT2D eigenvalue weighted by Crippen LogP contribution is -2.42. The molecule has 4 rings (SSSR count). The van der Waals surface area contributed by atoms with Gasteiger partial charge in [0.1, 0.15) is 0 Å². The second kappa shape index (κ2) is 9.86. The number of ether oxygens (including phenoxy) is 4. The van der Waals surface area contributed by atoms with Crippen LogP contribution in [0.1, 0.15) is 141 Å². The van der Waals surface area contributed by atoms with Crippen LogP contribution in [0.25, 0.3) is 0 Å². The van der Waals surface area contributed by atoms with Gasteiger partial charge in [-0.15, -0.1) is 0 Å². The van der Waals surface area contributed by atoms with Crippen molar-refractivity contribution in [3.8, 4) is 0 Å². The Hall–Kier alpha value is -0.160. The van der Waals surface area contributed by atoms with Gasteiger partial charge in [0.05, 0.1) is 24.4 Å². The van der Waals surface area contributed by atoms with Gasteiger partial charge >= 0.3 is 0 Å². The Kier molecular flexibility index (Phi) is 8.28. The largest absolute Gasteiger partial charge is 0.343 e. The molecule has 206 valence electrons. The fraction of sp³-hybridized carbons (Fsp3) is 1.00. The first-order valence-electron chi connectivity index (χ1n) is 14.5. The third-order valence-corrected chi connectivity index (χ3v) is 8.31. The number of hydrogen-bond donors (Lipinski definition) is 0. The van der Waals surface area contributed by atoms with Crippen LogP contribution in [0.2, 0.25) is 0 Å². The SMILES string of the molecule is CC(C)(C)C1OC2(CCCC2)OC1C(C)(C)C.CC(C)(C)C1OC2(CCCCC2)OC1C(C)(C)C. The van der Waals surface area contributed by atoms with Gasteiger partial charge in [-0.3, -0.25) is 0 Å². The van der Waals surface area contributed by atoms with Gasteiger partial charge in [0.25, 0.3) is 0 Å². The molecule has 2 saturated carbocycles. The lowest BCUT2D eigenvalue weighted by molar-refractivity contribution is -0.204. The van der Waals surface area contributed by atoms with E-state index in [1.807, 2.05) is 0 Å². The fourth-order valence-electron chi connectivity index (χ4n) is 6.23. The molecule has 0 aromatic carbocycles. The van der Waals surface area contributed by atoms with E-state index in [9.17, 15) is 0 Å². The summed E-state index contributed by atoms with van der Waals surface area (Å²) in [6, 6.07) is 0. The van der Waals surface area contributed by atoms with Crippen molar-refractivity contribution >= 4 is 0 Å². The molecule has 0 amide bonds. The monoisotopic (exact) mass is 494 g/mol. The maximum atomic E-state index is 6.47. The maximum Gasteiger partial charge on any atom is 0.169 e. The summed E-state index contributed by atoms with van der Waals surface area (Å²) in [5, 5.41) is 0. The summed E-state index contributed by atoms with van der Waals surface area (Å²) in [5.41, 5.74) is 0.561. The highest BCUT2D eigenvalue weighted by Gasteiger charge is 2.56. The summed E-state index contributed by atoms with van der Waals surface area (Å²) in [6.45, 7) is 27.1. The molecule has 2 spiro atoms. The van der Waals surface area contributed by atoms with E-state index >= 15 is 0 Å². The minimum Gasteiger partial charge on any atom is -0.343 e. The summed E-state index contributed by atoms with van der Waals surface area (Å²) in [6.07, 6.45) is 11.4. The molecule has 2 aliphatic carbocycles. The zero-order valence-corrected chi connectivity index (χ0v) is 25.3.